The molecule has 0 spiro atoms. The molecule has 3 aromatic carbocycles. The van der Waals surface area contributed by atoms with Gasteiger partial charge in [0, 0.05) is 0 Å². The summed E-state index contributed by atoms with van der Waals surface area (Å²) < 4.78 is 60.9. The molecule has 0 saturated carbocycles. The molecule has 9 heteroatoms. The molecule has 26 heavy (non-hydrogen) atoms. The summed E-state index contributed by atoms with van der Waals surface area (Å²) in [4.78, 5) is 12.4. The average molecular weight is 390 g/mol. The summed E-state index contributed by atoms with van der Waals surface area (Å²) in [5.41, 5.74) is 0.0554. The zero-order valence-electron chi connectivity index (χ0n) is 14.6. The topological polar surface area (TPSA) is 80.7 Å². The van der Waals surface area contributed by atoms with Crippen LogP contribution in [0.4, 0.5) is 8.78 Å². The van der Waals surface area contributed by atoms with Crippen LogP contribution in [0, 0.1) is 0 Å². The van der Waals surface area contributed by atoms with Crippen LogP contribution in [-0.4, -0.2) is 30.8 Å². The van der Waals surface area contributed by atoms with Crippen molar-refractivity contribution in [1.82, 2.24) is 0 Å². The van der Waals surface area contributed by atoms with E-state index in [1.807, 2.05) is 6.07 Å². The van der Waals surface area contributed by atoms with Crippen LogP contribution in [0.1, 0.15) is 11.8 Å². The average Bonchev–Trinajstić information content (AvgIpc) is 2.56. The first-order chi connectivity index (χ1) is 11.7. The number of hydrogen-bond acceptors (Lipinski definition) is 4. The Hall–Kier alpha value is -1.58. The van der Waals surface area contributed by atoms with Gasteiger partial charge in [0.05, 0.1) is 5.56 Å². The van der Waals surface area contributed by atoms with Crippen LogP contribution in [0.25, 0.3) is 21.5 Å². The molecule has 5 nitrogen and oxygen atoms in total. The summed E-state index contributed by atoms with van der Waals surface area (Å²) in [5, 5.41) is -2.20. The van der Waals surface area contributed by atoms with Crippen LogP contribution in [-0.2, 0) is 14.9 Å². The molecule has 3 rings (SSSR count). The van der Waals surface area contributed by atoms with Gasteiger partial charge in [-0.25, -0.2) is 4.79 Å². The number of ether oxygens (including phenoxy) is 1. The maximum Gasteiger partial charge on any atom is 1.00 e. The summed E-state index contributed by atoms with van der Waals surface area (Å²) in [6.45, 7) is -1.78. The fourth-order valence-corrected chi connectivity index (χ4v) is 2.74. The molecule has 0 aliphatic heterocycles. The molecule has 0 heterocycles. The van der Waals surface area contributed by atoms with E-state index in [1.54, 1.807) is 48.5 Å². The van der Waals surface area contributed by atoms with Crippen LogP contribution in [0.2, 0.25) is 0 Å². The summed E-state index contributed by atoms with van der Waals surface area (Å²) in [7, 11) is -5.68. The molecular weight excluding hydrogens is 377 g/mol. The first-order valence-corrected chi connectivity index (χ1v) is 8.57. The number of carbonyl (C=O) groups is 1. The summed E-state index contributed by atoms with van der Waals surface area (Å²) >= 11 is 0. The van der Waals surface area contributed by atoms with E-state index >= 15 is 0 Å². The third-order valence-corrected chi connectivity index (χ3v) is 4.60. The predicted octanol–water partition coefficient (Wildman–Crippen LogP) is 0.747. The van der Waals surface area contributed by atoms with Crippen molar-refractivity contribution in [2.75, 3.05) is 6.61 Å². The van der Waals surface area contributed by atoms with Gasteiger partial charge in [-0.3, -0.25) is 4.55 Å². The second kappa shape index (κ2) is 7.58. The number of hydrogen-bond donors (Lipinski definition) is 1. The number of alkyl halides is 2. The van der Waals surface area contributed by atoms with Gasteiger partial charge in [0.1, 0.15) is 0 Å². The van der Waals surface area contributed by atoms with Crippen LogP contribution in [0.3, 0.4) is 0 Å². The van der Waals surface area contributed by atoms with Gasteiger partial charge < -0.3 is 6.16 Å². The Bertz CT molecular complexity index is 1040. The van der Waals surface area contributed by atoms with E-state index in [2.05, 4.69) is 4.74 Å². The first kappa shape index (κ1) is 20.7. The predicted molar refractivity (Wildman–Crippen MR) is 89.3 cm³/mol. The van der Waals surface area contributed by atoms with Crippen molar-refractivity contribution in [2.24, 2.45) is 0 Å². The molecule has 0 aliphatic carbocycles. The Morgan fingerprint density at radius 1 is 1.04 bits per heavy atom. The van der Waals surface area contributed by atoms with Gasteiger partial charge in [-0.15, -0.1) is 0 Å². The van der Waals surface area contributed by atoms with Crippen molar-refractivity contribution < 1.29 is 62.3 Å². The third-order valence-electron chi connectivity index (χ3n) is 3.72. The summed E-state index contributed by atoms with van der Waals surface area (Å²) in [6, 6.07) is 15.5. The zero-order chi connectivity index (χ0) is 18.2. The van der Waals surface area contributed by atoms with Crippen molar-refractivity contribution in [2.45, 2.75) is 5.25 Å². The first-order valence-electron chi connectivity index (χ1n) is 7.13. The van der Waals surface area contributed by atoms with E-state index in [0.29, 0.717) is 21.5 Å². The van der Waals surface area contributed by atoms with Gasteiger partial charge in [0.25, 0.3) is 0 Å². The Morgan fingerprint density at radius 3 is 1.96 bits per heavy atom. The Morgan fingerprint density at radius 2 is 1.50 bits per heavy atom. The van der Waals surface area contributed by atoms with Crippen LogP contribution >= 0.6 is 0 Å². The molecule has 0 amide bonds. The van der Waals surface area contributed by atoms with E-state index in [-0.39, 0.29) is 36.5 Å². The van der Waals surface area contributed by atoms with Gasteiger partial charge >= 0.3 is 50.9 Å². The molecule has 0 radical (unpaired) electrons. The van der Waals surface area contributed by atoms with Gasteiger partial charge in [0.2, 0.25) is 0 Å². The second-order valence-corrected chi connectivity index (χ2v) is 6.93. The summed E-state index contributed by atoms with van der Waals surface area (Å²) in [6.07, 6.45) is 0. The Kier molecular flexibility index (Phi) is 6.04. The minimum absolute atomic E-state index is 0. The monoisotopic (exact) mass is 390 g/mol. The zero-order valence-corrected chi connectivity index (χ0v) is 16.5. The molecule has 3 aromatic rings. The van der Waals surface area contributed by atoms with E-state index < -0.39 is 27.9 Å². The molecule has 0 atom stereocenters. The van der Waals surface area contributed by atoms with E-state index in [1.165, 1.54) is 0 Å². The number of rotatable bonds is 4. The minimum atomic E-state index is -5.68. The molecule has 132 valence electrons. The van der Waals surface area contributed by atoms with Crippen molar-refractivity contribution in [3.05, 3.63) is 60.2 Å². The number of carbonyl (C=O) groups excluding carboxylic acids is 1. The molecule has 0 saturated heterocycles. The molecule has 0 unspecified atom stereocenters. The fraction of sp³-hybridized carbons (Fsp3) is 0.118. The number of esters is 1. The number of halogens is 2. The Balaban J connectivity index is 0.00000182. The standard InChI is InChI=1S/C17H12F2O5S.Na.H/c18-17(19,25(21,22)23)10-24-16(20)15-13-7-3-1-5-11(13)9-12-6-2-4-8-14(12)15;;/h1-9H,10H2,(H,21,22,23);;/q;+1;-1. The minimum Gasteiger partial charge on any atom is -1.00 e. The molecule has 0 aromatic heterocycles. The smallest absolute Gasteiger partial charge is 1.00 e. The van der Waals surface area contributed by atoms with E-state index in [0.717, 1.165) is 0 Å². The van der Waals surface area contributed by atoms with Crippen molar-refractivity contribution in [1.29, 1.82) is 0 Å². The van der Waals surface area contributed by atoms with E-state index in [9.17, 15) is 22.0 Å². The third kappa shape index (κ3) is 3.89. The molecule has 0 aliphatic rings. The number of benzene rings is 3. The van der Waals surface area contributed by atoms with Crippen molar-refractivity contribution in [3.8, 4) is 0 Å². The maximum absolute atomic E-state index is 13.3. The fourth-order valence-electron chi connectivity index (χ4n) is 2.53. The van der Waals surface area contributed by atoms with Gasteiger partial charge in [-0.1, -0.05) is 48.5 Å². The van der Waals surface area contributed by atoms with Crippen LogP contribution in [0.15, 0.2) is 54.6 Å². The quantitative estimate of drug-likeness (QED) is 0.308. The van der Waals surface area contributed by atoms with Gasteiger partial charge in [0.15, 0.2) is 6.61 Å². The van der Waals surface area contributed by atoms with Crippen molar-refractivity contribution in [3.63, 3.8) is 0 Å². The maximum atomic E-state index is 13.3. The van der Waals surface area contributed by atoms with Gasteiger partial charge in [-0.05, 0) is 27.6 Å². The largest absolute Gasteiger partial charge is 1.00 e. The molecule has 0 fully saturated rings. The molecular formula is C17H13F2NaO5S. The summed E-state index contributed by atoms with van der Waals surface area (Å²) in [5.74, 6) is -1.10. The normalized spacial score (nSPS) is 12.0. The van der Waals surface area contributed by atoms with Crippen LogP contribution < -0.4 is 29.6 Å². The van der Waals surface area contributed by atoms with Crippen LogP contribution in [0.5, 0.6) is 0 Å². The number of fused-ring (bicyclic) bond motifs is 2. The SMILES string of the molecule is O=C(OCC(F)(F)S(=O)(=O)O)c1c2ccccc2cc2ccccc12.[H-].[Na+]. The van der Waals surface area contributed by atoms with E-state index in [4.69, 9.17) is 4.55 Å². The second-order valence-electron chi connectivity index (χ2n) is 5.38. The molecule has 0 bridgehead atoms. The van der Waals surface area contributed by atoms with Gasteiger partial charge in [-0.2, -0.15) is 17.2 Å². The molecule has 1 N–H and O–H groups in total. The Labute approximate surface area is 171 Å². The van der Waals surface area contributed by atoms with Crippen molar-refractivity contribution >= 4 is 37.6 Å².